The van der Waals surface area contributed by atoms with Gasteiger partial charge in [0.05, 0.1) is 16.7 Å². The van der Waals surface area contributed by atoms with Gasteiger partial charge < -0.3 is 10.6 Å². The molecule has 1 aliphatic carbocycles. The zero-order valence-electron chi connectivity index (χ0n) is 15.1. The van der Waals surface area contributed by atoms with Crippen molar-refractivity contribution in [3.8, 4) is 0 Å². The monoisotopic (exact) mass is 326 g/mol. The van der Waals surface area contributed by atoms with Gasteiger partial charge in [-0.25, -0.2) is 0 Å². The first-order chi connectivity index (χ1) is 11.3. The van der Waals surface area contributed by atoms with Gasteiger partial charge >= 0.3 is 0 Å². The van der Waals surface area contributed by atoms with Gasteiger partial charge in [-0.1, -0.05) is 25.1 Å². The Morgan fingerprint density at radius 2 is 2.21 bits per heavy atom. The number of carbonyl (C=O) groups is 1. The third-order valence-corrected chi connectivity index (χ3v) is 6.10. The number of nitrogens with zero attached hydrogens (tertiary/aromatic N) is 2. The van der Waals surface area contributed by atoms with Crippen molar-refractivity contribution in [3.05, 3.63) is 29.5 Å². The fourth-order valence-electron chi connectivity index (χ4n) is 4.67. The van der Waals surface area contributed by atoms with Crippen molar-refractivity contribution in [2.45, 2.75) is 33.2 Å². The molecule has 4 rings (SSSR count). The van der Waals surface area contributed by atoms with Gasteiger partial charge in [-0.05, 0) is 44.2 Å². The summed E-state index contributed by atoms with van der Waals surface area (Å²) < 4.78 is 1.92. The van der Waals surface area contributed by atoms with E-state index in [-0.39, 0.29) is 17.2 Å². The van der Waals surface area contributed by atoms with Crippen LogP contribution in [0, 0.1) is 24.2 Å². The average molecular weight is 326 g/mol. The highest BCUT2D eigenvalue weighted by atomic mass is 16.2. The van der Waals surface area contributed by atoms with Crippen LogP contribution in [0.5, 0.6) is 0 Å². The van der Waals surface area contributed by atoms with E-state index in [2.05, 4.69) is 42.7 Å². The number of carbonyl (C=O) groups excluding carboxylic acids is 1. The maximum absolute atomic E-state index is 12.8. The standard InChI is InChI=1S/C19H26N4O/c1-11-7-6-8-12-15(11)23(5)22-16(12)18(2,3)21-17(24)14-13-9-20-10-19(13,14)4/h6-8,13-14,20H,9-10H2,1-5H3,(H,21,24)/t13?,14?,19-/m1/s1. The van der Waals surface area contributed by atoms with E-state index in [4.69, 9.17) is 5.10 Å². The van der Waals surface area contributed by atoms with Crippen molar-refractivity contribution in [3.63, 3.8) is 0 Å². The van der Waals surface area contributed by atoms with E-state index in [1.807, 2.05) is 25.6 Å². The Morgan fingerprint density at radius 1 is 1.46 bits per heavy atom. The molecule has 1 saturated heterocycles. The maximum atomic E-state index is 12.8. The fraction of sp³-hybridized carbons (Fsp3) is 0.579. The molecule has 2 fully saturated rings. The molecule has 2 unspecified atom stereocenters. The molecule has 0 radical (unpaired) electrons. The Morgan fingerprint density at radius 3 is 2.88 bits per heavy atom. The van der Waals surface area contributed by atoms with Gasteiger partial charge in [0.1, 0.15) is 0 Å². The smallest absolute Gasteiger partial charge is 0.224 e. The molecule has 2 aromatic rings. The molecular weight excluding hydrogens is 300 g/mol. The van der Waals surface area contributed by atoms with E-state index in [0.29, 0.717) is 5.92 Å². The van der Waals surface area contributed by atoms with E-state index in [9.17, 15) is 4.79 Å². The number of nitrogens with one attached hydrogen (secondary N) is 2. The largest absolute Gasteiger partial charge is 0.345 e. The maximum Gasteiger partial charge on any atom is 0.224 e. The molecule has 0 bridgehead atoms. The van der Waals surface area contributed by atoms with Crippen molar-refractivity contribution in [2.24, 2.45) is 24.3 Å². The Hall–Kier alpha value is -1.88. The first-order valence-corrected chi connectivity index (χ1v) is 8.71. The van der Waals surface area contributed by atoms with Crippen LogP contribution in [0.15, 0.2) is 18.2 Å². The molecule has 1 aromatic carbocycles. The number of rotatable bonds is 3. The minimum atomic E-state index is -0.495. The molecule has 24 heavy (non-hydrogen) atoms. The fourth-order valence-corrected chi connectivity index (χ4v) is 4.67. The molecule has 2 aliphatic rings. The van der Waals surface area contributed by atoms with Crippen molar-refractivity contribution >= 4 is 16.8 Å². The number of aromatic nitrogens is 2. The Kier molecular flexibility index (Phi) is 3.14. The number of fused-ring (bicyclic) bond motifs is 2. The lowest BCUT2D eigenvalue weighted by Gasteiger charge is -2.26. The molecule has 1 saturated carbocycles. The summed E-state index contributed by atoms with van der Waals surface area (Å²) in [6.07, 6.45) is 0. The van der Waals surface area contributed by atoms with Crippen LogP contribution in [0.2, 0.25) is 0 Å². The zero-order chi connectivity index (χ0) is 17.3. The number of amides is 1. The highest BCUT2D eigenvalue weighted by molar-refractivity contribution is 5.88. The lowest BCUT2D eigenvalue weighted by Crippen LogP contribution is -2.44. The number of aryl methyl sites for hydroxylation is 2. The molecule has 5 heteroatoms. The van der Waals surface area contributed by atoms with Crippen LogP contribution in [0.3, 0.4) is 0 Å². The lowest BCUT2D eigenvalue weighted by atomic mass is 9.95. The second-order valence-corrected chi connectivity index (χ2v) is 8.28. The highest BCUT2D eigenvalue weighted by Gasteiger charge is 2.67. The van der Waals surface area contributed by atoms with E-state index < -0.39 is 5.54 Å². The van der Waals surface area contributed by atoms with Crippen molar-refractivity contribution in [1.29, 1.82) is 0 Å². The molecule has 128 valence electrons. The number of hydrogen-bond acceptors (Lipinski definition) is 3. The van der Waals surface area contributed by atoms with E-state index in [0.717, 1.165) is 29.7 Å². The minimum Gasteiger partial charge on any atom is -0.345 e. The Bertz CT molecular complexity index is 837. The first-order valence-electron chi connectivity index (χ1n) is 8.71. The quantitative estimate of drug-likeness (QED) is 0.908. The van der Waals surface area contributed by atoms with Gasteiger partial charge in [-0.3, -0.25) is 9.48 Å². The average Bonchev–Trinajstić information content (AvgIpc) is 2.79. The SMILES string of the molecule is Cc1cccc2c(C(C)(C)NC(=O)C3C4CNC[C@]43C)nn(C)c12. The molecular formula is C19H26N4O. The van der Waals surface area contributed by atoms with Crippen LogP contribution in [0.1, 0.15) is 32.0 Å². The number of para-hydroxylation sites is 1. The van der Waals surface area contributed by atoms with Gasteiger partial charge in [0, 0.05) is 24.9 Å². The summed E-state index contributed by atoms with van der Waals surface area (Å²) in [5.74, 6) is 0.784. The molecule has 3 atom stereocenters. The zero-order valence-corrected chi connectivity index (χ0v) is 15.1. The normalized spacial score (nSPS) is 28.9. The third kappa shape index (κ3) is 2.04. The van der Waals surface area contributed by atoms with Crippen molar-refractivity contribution in [1.82, 2.24) is 20.4 Å². The number of piperidine rings is 1. The number of benzene rings is 1. The molecule has 1 amide bonds. The lowest BCUT2D eigenvalue weighted by molar-refractivity contribution is -0.125. The Labute approximate surface area is 142 Å². The number of hydrogen-bond donors (Lipinski definition) is 2. The van der Waals surface area contributed by atoms with Crippen LogP contribution < -0.4 is 10.6 Å². The van der Waals surface area contributed by atoms with Gasteiger partial charge in [0.2, 0.25) is 5.91 Å². The van der Waals surface area contributed by atoms with Crippen LogP contribution in [0.4, 0.5) is 0 Å². The summed E-state index contributed by atoms with van der Waals surface area (Å²) in [6.45, 7) is 10.3. The van der Waals surface area contributed by atoms with Crippen LogP contribution in [-0.2, 0) is 17.4 Å². The van der Waals surface area contributed by atoms with Gasteiger partial charge in [0.25, 0.3) is 0 Å². The topological polar surface area (TPSA) is 59.0 Å². The van der Waals surface area contributed by atoms with E-state index >= 15 is 0 Å². The first kappa shape index (κ1) is 15.6. The third-order valence-electron chi connectivity index (χ3n) is 6.10. The van der Waals surface area contributed by atoms with Gasteiger partial charge in [0.15, 0.2) is 0 Å². The summed E-state index contributed by atoms with van der Waals surface area (Å²) >= 11 is 0. The summed E-state index contributed by atoms with van der Waals surface area (Å²) in [5, 5.41) is 12.5. The highest BCUT2D eigenvalue weighted by Crippen LogP contribution is 2.60. The molecule has 1 aliphatic heterocycles. The molecule has 2 heterocycles. The van der Waals surface area contributed by atoms with Crippen LogP contribution >= 0.6 is 0 Å². The predicted octanol–water partition coefficient (Wildman–Crippen LogP) is 2.09. The van der Waals surface area contributed by atoms with Crippen LogP contribution in [-0.4, -0.2) is 28.8 Å². The predicted molar refractivity (Wildman–Crippen MR) is 94.6 cm³/mol. The molecule has 2 N–H and O–H groups in total. The summed E-state index contributed by atoms with van der Waals surface area (Å²) in [7, 11) is 1.97. The summed E-state index contributed by atoms with van der Waals surface area (Å²) in [4.78, 5) is 12.8. The molecule has 0 spiro atoms. The van der Waals surface area contributed by atoms with Crippen LogP contribution in [0.25, 0.3) is 10.9 Å². The summed E-state index contributed by atoms with van der Waals surface area (Å²) in [6, 6.07) is 6.24. The van der Waals surface area contributed by atoms with Gasteiger partial charge in [-0.2, -0.15) is 5.10 Å². The molecule has 5 nitrogen and oxygen atoms in total. The van der Waals surface area contributed by atoms with E-state index in [1.165, 1.54) is 5.56 Å². The van der Waals surface area contributed by atoms with Crippen molar-refractivity contribution < 1.29 is 4.79 Å². The van der Waals surface area contributed by atoms with Gasteiger partial charge in [-0.15, -0.1) is 0 Å². The second-order valence-electron chi connectivity index (χ2n) is 8.28. The van der Waals surface area contributed by atoms with E-state index in [1.54, 1.807) is 0 Å². The molecule has 1 aromatic heterocycles. The summed E-state index contributed by atoms with van der Waals surface area (Å²) in [5.41, 5.74) is 2.92. The van der Waals surface area contributed by atoms with Crippen molar-refractivity contribution in [2.75, 3.05) is 13.1 Å². The minimum absolute atomic E-state index is 0.134. The Balaban J connectivity index is 1.64. The second kappa shape index (κ2) is 4.82.